The third-order valence-electron chi connectivity index (χ3n) is 8.17. The predicted molar refractivity (Wildman–Crippen MR) is 189 cm³/mol. The minimum atomic E-state index is -0.667. The van der Waals surface area contributed by atoms with Crippen molar-refractivity contribution in [1.82, 2.24) is 0 Å². The number of nitro groups is 1. The first kappa shape index (κ1) is 34.5. The van der Waals surface area contributed by atoms with E-state index < -0.39 is 29.9 Å². The van der Waals surface area contributed by atoms with Gasteiger partial charge in [-0.1, -0.05) is 133 Å². The van der Waals surface area contributed by atoms with Gasteiger partial charge in [0, 0.05) is 11.0 Å². The number of nitrogens with zero attached hydrogens (tertiary/aromatic N) is 1. The second-order valence-electron chi connectivity index (χ2n) is 11.7. The summed E-state index contributed by atoms with van der Waals surface area (Å²) >= 11 is 1.52. The molecule has 0 aliphatic carbocycles. The number of rotatable bonds is 16. The van der Waals surface area contributed by atoms with Crippen LogP contribution < -0.4 is 0 Å². The van der Waals surface area contributed by atoms with Gasteiger partial charge in [0.2, 0.25) is 0 Å². The molecule has 0 N–H and O–H groups in total. The molecule has 0 aromatic heterocycles. The number of para-hydroxylation sites is 1. The van der Waals surface area contributed by atoms with Crippen molar-refractivity contribution in [3.05, 3.63) is 178 Å². The SMILES string of the molecule is O=[N+]([O-])c1ccccc1CO[C@@H]1[C@@H](OCc2ccccc2)[C@H](OCc2ccccc2)[C@@H](COCc2ccccc2)O[C@H]1Sc1ccccc1. The van der Waals surface area contributed by atoms with Crippen LogP contribution in [0.3, 0.4) is 0 Å². The topological polar surface area (TPSA) is 89.3 Å². The molecule has 0 amide bonds. The maximum Gasteiger partial charge on any atom is 0.274 e. The molecule has 8 nitrogen and oxygen atoms in total. The highest BCUT2D eigenvalue weighted by atomic mass is 32.2. The van der Waals surface area contributed by atoms with Gasteiger partial charge in [0.05, 0.1) is 43.5 Å². The third kappa shape index (κ3) is 9.86. The van der Waals surface area contributed by atoms with E-state index >= 15 is 0 Å². The quantitative estimate of drug-likeness (QED) is 0.0760. The Morgan fingerprint density at radius 1 is 0.571 bits per heavy atom. The lowest BCUT2D eigenvalue weighted by Gasteiger charge is -2.46. The number of nitro benzene ring substituents is 1. The number of benzene rings is 5. The first-order valence-electron chi connectivity index (χ1n) is 16.3. The lowest BCUT2D eigenvalue weighted by atomic mass is 9.98. The lowest BCUT2D eigenvalue weighted by molar-refractivity contribution is -0.386. The molecule has 5 atom stereocenters. The van der Waals surface area contributed by atoms with E-state index in [2.05, 4.69) is 0 Å². The van der Waals surface area contributed by atoms with Gasteiger partial charge >= 0.3 is 0 Å². The van der Waals surface area contributed by atoms with Gasteiger partial charge in [-0.25, -0.2) is 0 Å². The van der Waals surface area contributed by atoms with Gasteiger partial charge in [0.25, 0.3) is 5.69 Å². The minimum absolute atomic E-state index is 0.00249. The van der Waals surface area contributed by atoms with Gasteiger partial charge in [-0.15, -0.1) is 0 Å². The number of hydrogen-bond acceptors (Lipinski definition) is 8. The van der Waals surface area contributed by atoms with E-state index in [-0.39, 0.29) is 23.8 Å². The summed E-state index contributed by atoms with van der Waals surface area (Å²) in [6.07, 6.45) is -2.39. The van der Waals surface area contributed by atoms with Gasteiger partial charge in [-0.2, -0.15) is 0 Å². The summed E-state index contributed by atoms with van der Waals surface area (Å²) in [7, 11) is 0. The molecule has 0 unspecified atom stereocenters. The van der Waals surface area contributed by atoms with E-state index in [1.807, 2.05) is 121 Å². The number of ether oxygens (including phenoxy) is 5. The van der Waals surface area contributed by atoms with Crippen molar-refractivity contribution in [1.29, 1.82) is 0 Å². The van der Waals surface area contributed by atoms with Crippen molar-refractivity contribution < 1.29 is 28.6 Å². The third-order valence-corrected chi connectivity index (χ3v) is 9.33. The van der Waals surface area contributed by atoms with E-state index in [0.717, 1.165) is 21.6 Å². The Morgan fingerprint density at radius 3 is 1.65 bits per heavy atom. The Bertz CT molecular complexity index is 1710. The van der Waals surface area contributed by atoms with Crippen molar-refractivity contribution in [3.8, 4) is 0 Å². The Hall–Kier alpha value is -4.35. The molecule has 0 saturated carbocycles. The molecule has 0 bridgehead atoms. The van der Waals surface area contributed by atoms with E-state index in [1.54, 1.807) is 18.2 Å². The van der Waals surface area contributed by atoms with Gasteiger partial charge in [-0.05, 0) is 34.9 Å². The van der Waals surface area contributed by atoms with Crippen LogP contribution in [0.4, 0.5) is 5.69 Å². The fourth-order valence-corrected chi connectivity index (χ4v) is 6.85. The molecule has 1 heterocycles. The van der Waals surface area contributed by atoms with Crippen LogP contribution in [0, 0.1) is 10.1 Å². The zero-order valence-electron chi connectivity index (χ0n) is 27.0. The normalized spacial score (nSPS) is 20.5. The molecule has 5 aromatic carbocycles. The number of thioether (sulfide) groups is 1. The summed E-state index contributed by atoms with van der Waals surface area (Å²) in [5.74, 6) is 0. The highest BCUT2D eigenvalue weighted by Gasteiger charge is 2.49. The van der Waals surface area contributed by atoms with Crippen LogP contribution in [0.1, 0.15) is 22.3 Å². The first-order chi connectivity index (χ1) is 24.1. The number of hydrogen-bond donors (Lipinski definition) is 0. The largest absolute Gasteiger partial charge is 0.374 e. The predicted octanol–water partition coefficient (Wildman–Crippen LogP) is 8.38. The summed E-state index contributed by atoms with van der Waals surface area (Å²) in [5, 5.41) is 11.9. The van der Waals surface area contributed by atoms with Crippen molar-refractivity contribution in [2.45, 2.75) is 61.2 Å². The summed E-state index contributed by atoms with van der Waals surface area (Å²) in [6, 6.07) is 46.5. The van der Waals surface area contributed by atoms with E-state index in [9.17, 15) is 10.1 Å². The maximum atomic E-state index is 11.9. The summed E-state index contributed by atoms with van der Waals surface area (Å²) in [6.45, 7) is 1.28. The smallest absolute Gasteiger partial charge is 0.274 e. The minimum Gasteiger partial charge on any atom is -0.374 e. The standard InChI is InChI=1S/C40H39NO7S/c42-41(43)35-24-14-13-21-33(35)28-47-39-38(46-27-32-19-9-3-10-20-32)37(45-26-31-17-7-2-8-18-31)36(29-44-25-30-15-5-1-6-16-30)48-40(39)49-34-22-11-4-12-23-34/h1-24,36-40H,25-29H2/t36-,37-,38+,39-,40+/m1/s1. The monoisotopic (exact) mass is 677 g/mol. The Balaban J connectivity index is 1.34. The molecule has 49 heavy (non-hydrogen) atoms. The van der Waals surface area contributed by atoms with Crippen molar-refractivity contribution in [2.75, 3.05) is 6.61 Å². The van der Waals surface area contributed by atoms with Crippen LogP contribution in [0.25, 0.3) is 0 Å². The molecule has 0 spiro atoms. The van der Waals surface area contributed by atoms with Gasteiger partial charge < -0.3 is 23.7 Å². The fourth-order valence-electron chi connectivity index (χ4n) is 5.71. The molecule has 252 valence electrons. The maximum absolute atomic E-state index is 11.9. The fraction of sp³-hybridized carbons (Fsp3) is 0.250. The molecule has 1 aliphatic heterocycles. The zero-order chi connectivity index (χ0) is 33.7. The zero-order valence-corrected chi connectivity index (χ0v) is 27.8. The second-order valence-corrected chi connectivity index (χ2v) is 12.8. The summed E-state index contributed by atoms with van der Waals surface area (Å²) in [5.41, 5.74) is 2.97. The van der Waals surface area contributed by atoms with Gasteiger partial charge in [0.1, 0.15) is 29.9 Å². The van der Waals surface area contributed by atoms with Crippen LogP contribution >= 0.6 is 11.8 Å². The molecule has 1 aliphatic rings. The Labute approximate surface area is 291 Å². The van der Waals surface area contributed by atoms with Crippen molar-refractivity contribution in [3.63, 3.8) is 0 Å². The first-order valence-corrected chi connectivity index (χ1v) is 17.2. The summed E-state index contributed by atoms with van der Waals surface area (Å²) in [4.78, 5) is 12.5. The van der Waals surface area contributed by atoms with E-state index in [4.69, 9.17) is 23.7 Å². The van der Waals surface area contributed by atoms with Crippen LogP contribution in [0.15, 0.2) is 150 Å². The molecule has 0 radical (unpaired) electrons. The highest BCUT2D eigenvalue weighted by Crippen LogP contribution is 2.38. The second kappa shape index (κ2) is 17.9. The Kier molecular flexibility index (Phi) is 12.6. The molecule has 9 heteroatoms. The molecule has 5 aromatic rings. The molecule has 1 fully saturated rings. The average Bonchev–Trinajstić information content (AvgIpc) is 3.15. The van der Waals surface area contributed by atoms with E-state index in [0.29, 0.717) is 25.4 Å². The van der Waals surface area contributed by atoms with Crippen LogP contribution in [-0.2, 0) is 50.1 Å². The van der Waals surface area contributed by atoms with Gasteiger partial charge in [0.15, 0.2) is 0 Å². The van der Waals surface area contributed by atoms with Crippen LogP contribution in [-0.4, -0.2) is 41.4 Å². The van der Waals surface area contributed by atoms with Gasteiger partial charge in [-0.3, -0.25) is 10.1 Å². The Morgan fingerprint density at radius 2 is 1.06 bits per heavy atom. The van der Waals surface area contributed by atoms with Crippen molar-refractivity contribution in [2.24, 2.45) is 0 Å². The summed E-state index contributed by atoms with van der Waals surface area (Å²) < 4.78 is 33.3. The lowest BCUT2D eigenvalue weighted by Crippen LogP contribution is -2.60. The van der Waals surface area contributed by atoms with Crippen molar-refractivity contribution >= 4 is 17.4 Å². The van der Waals surface area contributed by atoms with Crippen LogP contribution in [0.2, 0.25) is 0 Å². The molecular weight excluding hydrogens is 639 g/mol. The van der Waals surface area contributed by atoms with Crippen LogP contribution in [0.5, 0.6) is 0 Å². The molecule has 1 saturated heterocycles. The average molecular weight is 678 g/mol. The highest BCUT2D eigenvalue weighted by molar-refractivity contribution is 7.99. The molecule has 6 rings (SSSR count). The van der Waals surface area contributed by atoms with E-state index in [1.165, 1.54) is 17.8 Å². The molecular formula is C40H39NO7S.